The van der Waals surface area contributed by atoms with E-state index >= 15 is 0 Å². The molecule has 0 aromatic heterocycles. The third kappa shape index (κ3) is 6.17. The fraction of sp³-hybridized carbons (Fsp3) is 0.833. The van der Waals surface area contributed by atoms with Gasteiger partial charge in [0.2, 0.25) is 0 Å². The lowest BCUT2D eigenvalue weighted by molar-refractivity contribution is 0.236. The van der Waals surface area contributed by atoms with Crippen LogP contribution in [-0.4, -0.2) is 37.1 Å². The fourth-order valence-electron chi connectivity index (χ4n) is 1.50. The molecule has 0 aliphatic heterocycles. The molecule has 0 bridgehead atoms. The smallest absolute Gasteiger partial charge is 0.0195 e. The van der Waals surface area contributed by atoms with Gasteiger partial charge in [-0.2, -0.15) is 0 Å². The number of nitrogens with zero attached hydrogens (tertiary/aromatic N) is 1. The second kappa shape index (κ2) is 8.01. The predicted octanol–water partition coefficient (Wildman–Crippen LogP) is 2.13. The monoisotopic (exact) mass is 198 g/mol. The van der Waals surface area contributed by atoms with Crippen LogP contribution in [0.5, 0.6) is 0 Å². The summed E-state index contributed by atoms with van der Waals surface area (Å²) in [7, 11) is 0. The van der Waals surface area contributed by atoms with Crippen molar-refractivity contribution in [2.75, 3.05) is 26.2 Å². The summed E-state index contributed by atoms with van der Waals surface area (Å²) < 4.78 is 0. The van der Waals surface area contributed by atoms with Crippen molar-refractivity contribution in [1.82, 2.24) is 10.2 Å². The first-order chi connectivity index (χ1) is 6.61. The molecule has 0 spiro atoms. The van der Waals surface area contributed by atoms with Crippen molar-refractivity contribution >= 4 is 0 Å². The van der Waals surface area contributed by atoms with Crippen LogP contribution >= 0.6 is 0 Å². The fourth-order valence-corrected chi connectivity index (χ4v) is 1.50. The van der Waals surface area contributed by atoms with Gasteiger partial charge in [0.15, 0.2) is 0 Å². The highest BCUT2D eigenvalue weighted by Gasteiger charge is 2.09. The Balaban J connectivity index is 3.68. The van der Waals surface area contributed by atoms with Crippen LogP contribution in [0.2, 0.25) is 0 Å². The summed E-state index contributed by atoms with van der Waals surface area (Å²) in [5.41, 5.74) is 0. The molecular weight excluding hydrogens is 172 g/mol. The van der Waals surface area contributed by atoms with E-state index < -0.39 is 0 Å². The molecule has 0 saturated heterocycles. The first kappa shape index (κ1) is 13.7. The molecule has 0 aliphatic carbocycles. The maximum atomic E-state index is 3.78. The zero-order valence-corrected chi connectivity index (χ0v) is 10.2. The topological polar surface area (TPSA) is 15.3 Å². The number of hydrogen-bond donors (Lipinski definition) is 1. The van der Waals surface area contributed by atoms with Gasteiger partial charge in [-0.25, -0.2) is 0 Å². The Labute approximate surface area is 89.4 Å². The molecule has 2 nitrogen and oxygen atoms in total. The number of likely N-dealkylation sites (N-methyl/N-ethyl adjacent to an activating group) is 1. The minimum atomic E-state index is 0.594. The van der Waals surface area contributed by atoms with Crippen molar-refractivity contribution < 1.29 is 0 Å². The Morgan fingerprint density at radius 2 is 1.93 bits per heavy atom. The van der Waals surface area contributed by atoms with Gasteiger partial charge in [0.1, 0.15) is 0 Å². The molecule has 2 heteroatoms. The SMILES string of the molecule is C=CCN(CC)C(C)CNCC(C)C. The van der Waals surface area contributed by atoms with Crippen LogP contribution < -0.4 is 5.32 Å². The van der Waals surface area contributed by atoms with Gasteiger partial charge in [0.25, 0.3) is 0 Å². The summed E-state index contributed by atoms with van der Waals surface area (Å²) in [4.78, 5) is 2.42. The lowest BCUT2D eigenvalue weighted by atomic mass is 10.2. The summed E-state index contributed by atoms with van der Waals surface area (Å²) in [5, 5.41) is 3.48. The van der Waals surface area contributed by atoms with E-state index in [1.165, 1.54) is 0 Å². The summed E-state index contributed by atoms with van der Waals surface area (Å²) >= 11 is 0. The van der Waals surface area contributed by atoms with Crippen LogP contribution in [0.15, 0.2) is 12.7 Å². The van der Waals surface area contributed by atoms with Gasteiger partial charge in [-0.15, -0.1) is 6.58 Å². The minimum Gasteiger partial charge on any atom is -0.315 e. The van der Waals surface area contributed by atoms with Crippen LogP contribution in [0.3, 0.4) is 0 Å². The van der Waals surface area contributed by atoms with Gasteiger partial charge in [-0.1, -0.05) is 26.8 Å². The second-order valence-electron chi connectivity index (χ2n) is 4.28. The normalized spacial score (nSPS) is 13.6. The molecule has 0 aromatic carbocycles. The number of nitrogens with one attached hydrogen (secondary N) is 1. The van der Waals surface area contributed by atoms with E-state index in [4.69, 9.17) is 0 Å². The third-order valence-corrected chi connectivity index (χ3v) is 2.39. The van der Waals surface area contributed by atoms with Crippen LogP contribution in [0.1, 0.15) is 27.7 Å². The summed E-state index contributed by atoms with van der Waals surface area (Å²) in [5.74, 6) is 0.733. The molecule has 1 atom stereocenters. The average molecular weight is 198 g/mol. The molecule has 0 aromatic rings. The van der Waals surface area contributed by atoms with Crippen molar-refractivity contribution in [3.05, 3.63) is 12.7 Å². The molecular formula is C12H26N2. The van der Waals surface area contributed by atoms with Crippen molar-refractivity contribution in [2.24, 2.45) is 5.92 Å². The Morgan fingerprint density at radius 1 is 1.29 bits per heavy atom. The average Bonchev–Trinajstić information content (AvgIpc) is 2.13. The van der Waals surface area contributed by atoms with Crippen molar-refractivity contribution in [2.45, 2.75) is 33.7 Å². The lowest BCUT2D eigenvalue weighted by Crippen LogP contribution is -2.41. The third-order valence-electron chi connectivity index (χ3n) is 2.39. The van der Waals surface area contributed by atoms with Gasteiger partial charge >= 0.3 is 0 Å². The Kier molecular flexibility index (Phi) is 7.81. The van der Waals surface area contributed by atoms with Crippen LogP contribution in [0.4, 0.5) is 0 Å². The molecule has 84 valence electrons. The molecule has 0 saturated carbocycles. The molecule has 0 rings (SSSR count). The Bertz CT molecular complexity index is 143. The first-order valence-electron chi connectivity index (χ1n) is 5.67. The number of hydrogen-bond acceptors (Lipinski definition) is 2. The highest BCUT2D eigenvalue weighted by atomic mass is 15.2. The Morgan fingerprint density at radius 3 is 2.36 bits per heavy atom. The molecule has 0 amide bonds. The van der Waals surface area contributed by atoms with Crippen LogP contribution in [-0.2, 0) is 0 Å². The highest BCUT2D eigenvalue weighted by Crippen LogP contribution is 1.97. The molecule has 1 unspecified atom stereocenters. The van der Waals surface area contributed by atoms with E-state index in [1.54, 1.807) is 0 Å². The van der Waals surface area contributed by atoms with Gasteiger partial charge in [-0.3, -0.25) is 4.90 Å². The van der Waals surface area contributed by atoms with Gasteiger partial charge in [0, 0.05) is 19.1 Å². The van der Waals surface area contributed by atoms with Gasteiger partial charge < -0.3 is 5.32 Å². The van der Waals surface area contributed by atoms with E-state index in [0.717, 1.165) is 32.1 Å². The lowest BCUT2D eigenvalue weighted by Gasteiger charge is -2.27. The van der Waals surface area contributed by atoms with E-state index in [9.17, 15) is 0 Å². The number of rotatable bonds is 8. The predicted molar refractivity (Wildman–Crippen MR) is 64.6 cm³/mol. The van der Waals surface area contributed by atoms with E-state index in [-0.39, 0.29) is 0 Å². The summed E-state index contributed by atoms with van der Waals surface area (Å²) in [6.07, 6.45) is 1.97. The Hall–Kier alpha value is -0.340. The maximum absolute atomic E-state index is 3.78. The van der Waals surface area contributed by atoms with Crippen molar-refractivity contribution in [3.8, 4) is 0 Å². The van der Waals surface area contributed by atoms with E-state index in [1.807, 2.05) is 6.08 Å². The van der Waals surface area contributed by atoms with Crippen LogP contribution in [0, 0.1) is 5.92 Å². The zero-order chi connectivity index (χ0) is 11.0. The molecule has 1 N–H and O–H groups in total. The first-order valence-corrected chi connectivity index (χ1v) is 5.67. The molecule has 0 fully saturated rings. The molecule has 0 radical (unpaired) electrons. The van der Waals surface area contributed by atoms with E-state index in [2.05, 4.69) is 44.5 Å². The van der Waals surface area contributed by atoms with Crippen LogP contribution in [0.25, 0.3) is 0 Å². The van der Waals surface area contributed by atoms with E-state index in [0.29, 0.717) is 6.04 Å². The summed E-state index contributed by atoms with van der Waals surface area (Å²) in [6, 6.07) is 0.594. The standard InChI is InChI=1S/C12H26N2/c1-6-8-14(7-2)12(5)10-13-9-11(3)4/h6,11-13H,1,7-10H2,2-5H3. The highest BCUT2D eigenvalue weighted by molar-refractivity contribution is 4.77. The zero-order valence-electron chi connectivity index (χ0n) is 10.2. The summed E-state index contributed by atoms with van der Waals surface area (Å²) in [6.45, 7) is 17.0. The molecule has 0 aliphatic rings. The van der Waals surface area contributed by atoms with Crippen molar-refractivity contribution in [1.29, 1.82) is 0 Å². The largest absolute Gasteiger partial charge is 0.315 e. The van der Waals surface area contributed by atoms with Crippen molar-refractivity contribution in [3.63, 3.8) is 0 Å². The maximum Gasteiger partial charge on any atom is 0.0195 e. The molecule has 14 heavy (non-hydrogen) atoms. The minimum absolute atomic E-state index is 0.594. The quantitative estimate of drug-likeness (QED) is 0.601. The van der Waals surface area contributed by atoms with Gasteiger partial charge in [-0.05, 0) is 25.9 Å². The van der Waals surface area contributed by atoms with Gasteiger partial charge in [0.05, 0.1) is 0 Å². The molecule has 0 heterocycles. The second-order valence-corrected chi connectivity index (χ2v) is 4.28.